The van der Waals surface area contributed by atoms with E-state index in [1.807, 2.05) is 18.2 Å². The van der Waals surface area contributed by atoms with Crippen molar-refractivity contribution in [3.8, 4) is 5.75 Å². The lowest BCUT2D eigenvalue weighted by atomic mass is 10.1. The van der Waals surface area contributed by atoms with E-state index in [4.69, 9.17) is 9.47 Å². The van der Waals surface area contributed by atoms with Crippen molar-refractivity contribution < 1.29 is 24.7 Å². The van der Waals surface area contributed by atoms with Crippen molar-refractivity contribution in [2.75, 3.05) is 20.3 Å². The van der Waals surface area contributed by atoms with Crippen molar-refractivity contribution in [3.05, 3.63) is 30.0 Å². The zero-order valence-corrected chi connectivity index (χ0v) is 13.8. The van der Waals surface area contributed by atoms with Crippen molar-refractivity contribution in [1.29, 1.82) is 0 Å². The molecule has 0 saturated heterocycles. The summed E-state index contributed by atoms with van der Waals surface area (Å²) in [4.78, 5) is 14.7. The minimum atomic E-state index is -0.546. The second-order valence-electron chi connectivity index (χ2n) is 5.93. The highest BCUT2D eigenvalue weighted by Gasteiger charge is 2.15. The van der Waals surface area contributed by atoms with Crippen LogP contribution in [0.1, 0.15) is 19.4 Å². The number of methoxy groups -OCH3 is 1. The predicted octanol–water partition coefficient (Wildman–Crippen LogP) is 0.595. The van der Waals surface area contributed by atoms with Gasteiger partial charge < -0.3 is 24.9 Å². The number of rotatable bonds is 8. The fourth-order valence-corrected chi connectivity index (χ4v) is 2.39. The minimum Gasteiger partial charge on any atom is -0.490 e. The maximum absolute atomic E-state index is 11.5. The fraction of sp³-hybridized carbons (Fsp3) is 0.471. The van der Waals surface area contributed by atoms with Crippen LogP contribution in [0.3, 0.4) is 0 Å². The van der Waals surface area contributed by atoms with Gasteiger partial charge in [-0.1, -0.05) is 6.07 Å². The number of hydrogen-bond acceptors (Lipinski definition) is 4. The summed E-state index contributed by atoms with van der Waals surface area (Å²) in [6.45, 7) is 4.96. The molecule has 0 spiro atoms. The summed E-state index contributed by atoms with van der Waals surface area (Å²) in [5.74, 6) is 0.360. The van der Waals surface area contributed by atoms with Crippen LogP contribution in [-0.2, 0) is 16.0 Å². The molecule has 1 aromatic heterocycles. The number of carbonyl (C=O) groups is 1. The van der Waals surface area contributed by atoms with Gasteiger partial charge in [-0.15, -0.1) is 0 Å². The molecular formula is C17H25N2O4+. The maximum Gasteiger partial charge on any atom is 0.310 e. The highest BCUT2D eigenvalue weighted by molar-refractivity contribution is 5.92. The van der Waals surface area contributed by atoms with Gasteiger partial charge in [0.15, 0.2) is 0 Å². The van der Waals surface area contributed by atoms with Gasteiger partial charge in [0.2, 0.25) is 0 Å². The second kappa shape index (κ2) is 7.99. The van der Waals surface area contributed by atoms with Gasteiger partial charge in [0, 0.05) is 17.1 Å². The maximum atomic E-state index is 11.5. The average molecular weight is 321 g/mol. The van der Waals surface area contributed by atoms with Crippen molar-refractivity contribution >= 4 is 16.9 Å². The highest BCUT2D eigenvalue weighted by Crippen LogP contribution is 2.29. The summed E-state index contributed by atoms with van der Waals surface area (Å²) >= 11 is 0. The van der Waals surface area contributed by atoms with Crippen molar-refractivity contribution in [1.82, 2.24) is 4.98 Å². The summed E-state index contributed by atoms with van der Waals surface area (Å²) < 4.78 is 10.5. The van der Waals surface area contributed by atoms with Crippen LogP contribution in [0, 0.1) is 0 Å². The number of hydrogen-bond donors (Lipinski definition) is 3. The zero-order valence-electron chi connectivity index (χ0n) is 13.8. The molecule has 0 amide bonds. The van der Waals surface area contributed by atoms with E-state index in [0.29, 0.717) is 18.3 Å². The molecule has 6 nitrogen and oxygen atoms in total. The number of fused-ring (bicyclic) bond motifs is 1. The van der Waals surface area contributed by atoms with Crippen molar-refractivity contribution in [3.63, 3.8) is 0 Å². The van der Waals surface area contributed by atoms with E-state index < -0.39 is 6.10 Å². The predicted molar refractivity (Wildman–Crippen MR) is 87.4 cm³/mol. The van der Waals surface area contributed by atoms with E-state index in [0.717, 1.165) is 16.5 Å². The number of benzene rings is 1. The number of nitrogens with two attached hydrogens (primary N) is 1. The van der Waals surface area contributed by atoms with Gasteiger partial charge in [0.1, 0.15) is 25.0 Å². The van der Waals surface area contributed by atoms with Crippen LogP contribution in [0.5, 0.6) is 5.75 Å². The molecule has 0 fully saturated rings. The number of aliphatic hydroxyl groups is 1. The summed E-state index contributed by atoms with van der Waals surface area (Å²) in [7, 11) is 1.37. The lowest BCUT2D eigenvalue weighted by molar-refractivity contribution is -0.688. The van der Waals surface area contributed by atoms with Crippen LogP contribution in [0.2, 0.25) is 0 Å². The van der Waals surface area contributed by atoms with Crippen LogP contribution < -0.4 is 10.1 Å². The topological polar surface area (TPSA) is 88.2 Å². The Morgan fingerprint density at radius 2 is 2.17 bits per heavy atom. The number of nitrogens with one attached hydrogen (secondary N) is 1. The first-order valence-electron chi connectivity index (χ1n) is 7.81. The second-order valence-corrected chi connectivity index (χ2v) is 5.93. The Labute approximate surface area is 135 Å². The molecule has 0 aliphatic carbocycles. The molecule has 0 unspecified atom stereocenters. The molecule has 1 atom stereocenters. The van der Waals surface area contributed by atoms with Crippen LogP contribution in [0.25, 0.3) is 10.9 Å². The Kier molecular flexibility index (Phi) is 6.01. The first kappa shape index (κ1) is 17.3. The molecule has 23 heavy (non-hydrogen) atoms. The van der Waals surface area contributed by atoms with Gasteiger partial charge in [-0.05, 0) is 31.5 Å². The van der Waals surface area contributed by atoms with Gasteiger partial charge in [0.25, 0.3) is 0 Å². The molecule has 0 bridgehead atoms. The molecule has 1 heterocycles. The first-order valence-corrected chi connectivity index (χ1v) is 7.81. The third-order valence-electron chi connectivity index (χ3n) is 3.62. The number of aliphatic hydroxyl groups excluding tert-OH is 1. The molecule has 1 aromatic carbocycles. The Hall–Kier alpha value is -2.05. The number of aromatic amines is 1. The molecule has 0 saturated carbocycles. The molecule has 0 radical (unpaired) electrons. The molecule has 2 rings (SSSR count). The number of esters is 1. The summed E-state index contributed by atoms with van der Waals surface area (Å²) in [6, 6.07) is 6.08. The van der Waals surface area contributed by atoms with E-state index in [1.165, 1.54) is 7.11 Å². The van der Waals surface area contributed by atoms with E-state index >= 15 is 0 Å². The van der Waals surface area contributed by atoms with Gasteiger partial charge >= 0.3 is 5.97 Å². The number of aromatic nitrogens is 1. The van der Waals surface area contributed by atoms with Crippen LogP contribution in [-0.4, -0.2) is 48.5 Å². The lowest BCUT2D eigenvalue weighted by Gasteiger charge is -2.14. The summed E-state index contributed by atoms with van der Waals surface area (Å²) in [6.07, 6.45) is 1.42. The molecule has 6 heteroatoms. The largest absolute Gasteiger partial charge is 0.490 e. The van der Waals surface area contributed by atoms with Gasteiger partial charge in [-0.2, -0.15) is 0 Å². The molecule has 2 aromatic rings. The minimum absolute atomic E-state index is 0.181. The fourth-order valence-electron chi connectivity index (χ4n) is 2.39. The van der Waals surface area contributed by atoms with E-state index in [9.17, 15) is 9.90 Å². The highest BCUT2D eigenvalue weighted by atomic mass is 16.5. The summed E-state index contributed by atoms with van der Waals surface area (Å²) in [5, 5.41) is 12.9. The van der Waals surface area contributed by atoms with Gasteiger partial charge in [-0.25, -0.2) is 0 Å². The van der Waals surface area contributed by atoms with Gasteiger partial charge in [-0.3, -0.25) is 4.79 Å². The first-order chi connectivity index (χ1) is 11.0. The Morgan fingerprint density at radius 1 is 1.39 bits per heavy atom. The average Bonchev–Trinajstić information content (AvgIpc) is 2.94. The van der Waals surface area contributed by atoms with Crippen molar-refractivity contribution in [2.45, 2.75) is 32.4 Å². The smallest absolute Gasteiger partial charge is 0.310 e. The normalized spacial score (nSPS) is 12.6. The number of ether oxygens (including phenoxy) is 2. The number of H-pyrrole nitrogens is 1. The zero-order chi connectivity index (χ0) is 16.8. The Balaban J connectivity index is 2.10. The van der Waals surface area contributed by atoms with E-state index in [2.05, 4.69) is 24.1 Å². The quantitative estimate of drug-likeness (QED) is 0.621. The van der Waals surface area contributed by atoms with Crippen LogP contribution in [0.4, 0.5) is 0 Å². The third kappa shape index (κ3) is 4.71. The molecular weight excluding hydrogens is 296 g/mol. The Morgan fingerprint density at radius 3 is 2.87 bits per heavy atom. The standard InChI is InChI=1S/C17H24N2O4/c1-11(2)18-9-13(20)10-23-15-6-4-5-14-17(15)12(8-19-14)7-16(21)22-3/h4-6,8,11,13,18-20H,7,9-10H2,1-3H3/p+1/t13-/m0/s1. The van der Waals surface area contributed by atoms with Crippen LogP contribution in [0.15, 0.2) is 24.4 Å². The van der Waals surface area contributed by atoms with Gasteiger partial charge in [0.05, 0.1) is 19.6 Å². The lowest BCUT2D eigenvalue weighted by Crippen LogP contribution is -2.90. The Bertz CT molecular complexity index is 651. The third-order valence-corrected chi connectivity index (χ3v) is 3.62. The molecule has 4 N–H and O–H groups in total. The number of quaternary nitrogens is 1. The van der Waals surface area contributed by atoms with E-state index in [1.54, 1.807) is 6.20 Å². The molecule has 0 aliphatic heterocycles. The SMILES string of the molecule is COC(=O)Cc1c[nH]c2cccc(OC[C@@H](O)C[NH2+]C(C)C)c12. The molecule has 0 aliphatic rings. The molecule has 126 valence electrons. The van der Waals surface area contributed by atoms with Crippen molar-refractivity contribution in [2.24, 2.45) is 0 Å². The summed E-state index contributed by atoms with van der Waals surface area (Å²) in [5.41, 5.74) is 1.72. The number of carbonyl (C=O) groups excluding carboxylic acids is 1. The van der Waals surface area contributed by atoms with E-state index in [-0.39, 0.29) is 19.0 Å². The monoisotopic (exact) mass is 321 g/mol. The van der Waals surface area contributed by atoms with Crippen LogP contribution >= 0.6 is 0 Å².